The number of sulfonamides is 1. The van der Waals surface area contributed by atoms with Gasteiger partial charge in [-0.3, -0.25) is 0 Å². The minimum atomic E-state index is -3.73. The van der Waals surface area contributed by atoms with Crippen molar-refractivity contribution in [1.29, 1.82) is 0 Å². The van der Waals surface area contributed by atoms with Gasteiger partial charge in [0.1, 0.15) is 5.75 Å². The minimum absolute atomic E-state index is 0.0608. The number of benzene rings is 2. The highest BCUT2D eigenvalue weighted by Gasteiger charge is 2.12. The maximum absolute atomic E-state index is 12.1. The van der Waals surface area contributed by atoms with Crippen LogP contribution in [-0.4, -0.2) is 19.7 Å². The molecule has 0 unspecified atom stereocenters. The Hall–Kier alpha value is -2.60. The lowest BCUT2D eigenvalue weighted by Gasteiger charge is -2.06. The van der Waals surface area contributed by atoms with E-state index in [0.717, 1.165) is 5.56 Å². The van der Waals surface area contributed by atoms with Crippen LogP contribution in [-0.2, 0) is 16.4 Å². The standard InChI is InChI=1S/C17H18N2O3S/c1-3-5-14-6-4-7-15(17(14)20)12-18-19-23(21,22)16-10-8-13(2)9-11-16/h3-4,6-12,19-20H,1,5H2,2H3/b18-12-. The van der Waals surface area contributed by atoms with Gasteiger partial charge < -0.3 is 5.11 Å². The molecule has 6 heteroatoms. The summed E-state index contributed by atoms with van der Waals surface area (Å²) in [6.45, 7) is 5.50. The number of phenolic OH excluding ortho intramolecular Hbond substituents is 1. The molecule has 0 aromatic heterocycles. The molecule has 2 rings (SSSR count). The first-order valence-electron chi connectivity index (χ1n) is 6.97. The first-order chi connectivity index (χ1) is 10.9. The van der Waals surface area contributed by atoms with Crippen molar-refractivity contribution in [2.45, 2.75) is 18.2 Å². The molecule has 0 heterocycles. The molecule has 2 N–H and O–H groups in total. The van der Waals surface area contributed by atoms with Crippen LogP contribution in [0, 0.1) is 6.92 Å². The van der Waals surface area contributed by atoms with Gasteiger partial charge in [0.2, 0.25) is 0 Å². The summed E-state index contributed by atoms with van der Waals surface area (Å²) < 4.78 is 24.2. The van der Waals surface area contributed by atoms with Crippen molar-refractivity contribution in [3.05, 3.63) is 71.8 Å². The Morgan fingerprint density at radius 3 is 2.57 bits per heavy atom. The lowest BCUT2D eigenvalue weighted by molar-refractivity contribution is 0.469. The number of aromatic hydroxyl groups is 1. The molecule has 0 atom stereocenters. The number of hydrazone groups is 1. The quantitative estimate of drug-likeness (QED) is 0.485. The zero-order valence-electron chi connectivity index (χ0n) is 12.7. The van der Waals surface area contributed by atoms with Gasteiger partial charge in [-0.2, -0.15) is 13.5 Å². The van der Waals surface area contributed by atoms with Gasteiger partial charge >= 0.3 is 0 Å². The van der Waals surface area contributed by atoms with Gasteiger partial charge in [0.05, 0.1) is 11.1 Å². The zero-order valence-corrected chi connectivity index (χ0v) is 13.5. The fraction of sp³-hybridized carbons (Fsp3) is 0.118. The molecule has 5 nitrogen and oxygen atoms in total. The summed E-state index contributed by atoms with van der Waals surface area (Å²) in [5, 5.41) is 13.8. The minimum Gasteiger partial charge on any atom is -0.507 e. The highest BCUT2D eigenvalue weighted by atomic mass is 32.2. The average molecular weight is 330 g/mol. The van der Waals surface area contributed by atoms with E-state index in [9.17, 15) is 13.5 Å². The van der Waals surface area contributed by atoms with E-state index < -0.39 is 10.0 Å². The normalized spacial score (nSPS) is 11.5. The Kier molecular flexibility index (Phi) is 5.18. The first kappa shape index (κ1) is 16.8. The average Bonchev–Trinajstić information content (AvgIpc) is 2.51. The van der Waals surface area contributed by atoms with Crippen molar-refractivity contribution in [1.82, 2.24) is 4.83 Å². The lowest BCUT2D eigenvalue weighted by Crippen LogP contribution is -2.18. The van der Waals surface area contributed by atoms with E-state index in [1.54, 1.807) is 36.4 Å². The van der Waals surface area contributed by atoms with Crippen molar-refractivity contribution in [3.63, 3.8) is 0 Å². The summed E-state index contributed by atoms with van der Waals surface area (Å²) in [7, 11) is -3.73. The molecule has 0 amide bonds. The largest absolute Gasteiger partial charge is 0.507 e. The summed E-state index contributed by atoms with van der Waals surface area (Å²) in [6, 6.07) is 11.6. The van der Waals surface area contributed by atoms with Crippen LogP contribution >= 0.6 is 0 Å². The molecule has 0 aliphatic heterocycles. The third-order valence-corrected chi connectivity index (χ3v) is 4.46. The van der Waals surface area contributed by atoms with Crippen LogP contribution < -0.4 is 4.83 Å². The predicted octanol–water partition coefficient (Wildman–Crippen LogP) is 2.74. The van der Waals surface area contributed by atoms with Crippen LogP contribution in [0.4, 0.5) is 0 Å². The lowest BCUT2D eigenvalue weighted by atomic mass is 10.1. The maximum Gasteiger partial charge on any atom is 0.276 e. The molecule has 120 valence electrons. The Morgan fingerprint density at radius 1 is 1.22 bits per heavy atom. The number of hydrogen-bond donors (Lipinski definition) is 2. The number of nitrogens with zero attached hydrogens (tertiary/aromatic N) is 1. The monoisotopic (exact) mass is 330 g/mol. The van der Waals surface area contributed by atoms with Crippen LogP contribution in [0.3, 0.4) is 0 Å². The van der Waals surface area contributed by atoms with E-state index in [1.807, 2.05) is 6.92 Å². The van der Waals surface area contributed by atoms with E-state index in [2.05, 4.69) is 16.5 Å². The summed E-state index contributed by atoms with van der Waals surface area (Å²) in [5.74, 6) is 0.0608. The Balaban J connectivity index is 2.17. The van der Waals surface area contributed by atoms with Gasteiger partial charge in [0.25, 0.3) is 10.0 Å². The summed E-state index contributed by atoms with van der Waals surface area (Å²) >= 11 is 0. The van der Waals surface area contributed by atoms with Crippen molar-refractivity contribution in [3.8, 4) is 5.75 Å². The van der Waals surface area contributed by atoms with Crippen molar-refractivity contribution in [2.75, 3.05) is 0 Å². The van der Waals surface area contributed by atoms with Crippen LogP contribution in [0.1, 0.15) is 16.7 Å². The second-order valence-corrected chi connectivity index (χ2v) is 6.67. The zero-order chi connectivity index (χ0) is 16.9. The molecule has 0 bridgehead atoms. The topological polar surface area (TPSA) is 78.8 Å². The summed E-state index contributed by atoms with van der Waals surface area (Å²) in [4.78, 5) is 2.26. The molecular weight excluding hydrogens is 312 g/mol. The Bertz CT molecular complexity index is 825. The second kappa shape index (κ2) is 7.11. The molecule has 2 aromatic carbocycles. The van der Waals surface area contributed by atoms with Crippen LogP contribution in [0.5, 0.6) is 5.75 Å². The number of phenols is 1. The first-order valence-corrected chi connectivity index (χ1v) is 8.45. The van der Waals surface area contributed by atoms with Crippen molar-refractivity contribution >= 4 is 16.2 Å². The van der Waals surface area contributed by atoms with E-state index in [1.165, 1.54) is 18.3 Å². The van der Waals surface area contributed by atoms with Gasteiger partial charge in [0, 0.05) is 5.56 Å². The summed E-state index contributed by atoms with van der Waals surface area (Å²) in [6.07, 6.45) is 3.46. The van der Waals surface area contributed by atoms with Gasteiger partial charge in [-0.15, -0.1) is 6.58 Å². The number of hydrogen-bond acceptors (Lipinski definition) is 4. The molecule has 2 aromatic rings. The fourth-order valence-electron chi connectivity index (χ4n) is 1.97. The number of nitrogens with one attached hydrogen (secondary N) is 1. The molecule has 0 radical (unpaired) electrons. The van der Waals surface area contributed by atoms with E-state index in [0.29, 0.717) is 17.5 Å². The Labute approximate surface area is 136 Å². The number of allylic oxidation sites excluding steroid dienone is 1. The highest BCUT2D eigenvalue weighted by Crippen LogP contribution is 2.21. The smallest absolute Gasteiger partial charge is 0.276 e. The summed E-state index contributed by atoms with van der Waals surface area (Å²) in [5.41, 5.74) is 2.10. The SMILES string of the molecule is C=CCc1cccc(/C=N\NS(=O)(=O)c2ccc(C)cc2)c1O. The molecule has 0 saturated heterocycles. The third kappa shape index (κ3) is 4.20. The van der Waals surface area contributed by atoms with Crippen LogP contribution in [0.2, 0.25) is 0 Å². The predicted molar refractivity (Wildman–Crippen MR) is 91.1 cm³/mol. The molecular formula is C17H18N2O3S. The van der Waals surface area contributed by atoms with Crippen molar-refractivity contribution < 1.29 is 13.5 Å². The van der Waals surface area contributed by atoms with Gasteiger partial charge in [-0.25, -0.2) is 4.83 Å². The number of aryl methyl sites for hydroxylation is 1. The fourth-order valence-corrected chi connectivity index (χ4v) is 2.76. The molecule has 0 aliphatic rings. The highest BCUT2D eigenvalue weighted by molar-refractivity contribution is 7.89. The van der Waals surface area contributed by atoms with E-state index in [4.69, 9.17) is 0 Å². The molecule has 0 aliphatic carbocycles. The van der Waals surface area contributed by atoms with Crippen LogP contribution in [0.15, 0.2) is 65.1 Å². The van der Waals surface area contributed by atoms with Crippen molar-refractivity contribution in [2.24, 2.45) is 5.10 Å². The van der Waals surface area contributed by atoms with Crippen LogP contribution in [0.25, 0.3) is 0 Å². The molecule has 0 saturated carbocycles. The van der Waals surface area contributed by atoms with Gasteiger partial charge in [0.15, 0.2) is 0 Å². The third-order valence-electron chi connectivity index (χ3n) is 3.22. The second-order valence-electron chi connectivity index (χ2n) is 5.01. The molecule has 0 fully saturated rings. The number of rotatable bonds is 6. The van der Waals surface area contributed by atoms with Gasteiger partial charge in [-0.05, 0) is 37.1 Å². The Morgan fingerprint density at radius 2 is 1.91 bits per heavy atom. The molecule has 0 spiro atoms. The van der Waals surface area contributed by atoms with Gasteiger partial charge in [-0.1, -0.05) is 35.9 Å². The maximum atomic E-state index is 12.1. The van der Waals surface area contributed by atoms with E-state index >= 15 is 0 Å². The van der Waals surface area contributed by atoms with E-state index in [-0.39, 0.29) is 10.6 Å². The number of para-hydroxylation sites is 1. The molecule has 23 heavy (non-hydrogen) atoms.